The Bertz CT molecular complexity index is 1190. The Morgan fingerprint density at radius 2 is 1.21 bits per heavy atom. The Labute approximate surface area is 193 Å². The van der Waals surface area contributed by atoms with Gasteiger partial charge in [0.25, 0.3) is 0 Å². The van der Waals surface area contributed by atoms with Gasteiger partial charge in [0.1, 0.15) is 19.0 Å². The fourth-order valence-electron chi connectivity index (χ4n) is 3.46. The molecule has 33 heavy (non-hydrogen) atoms. The van der Waals surface area contributed by atoms with Crippen LogP contribution in [0.2, 0.25) is 0 Å². The smallest absolute Gasteiger partial charge is 0.430 e. The summed E-state index contributed by atoms with van der Waals surface area (Å²) in [7, 11) is 0. The summed E-state index contributed by atoms with van der Waals surface area (Å²) in [6.45, 7) is 6.15. The van der Waals surface area contributed by atoms with E-state index in [1.165, 1.54) is 0 Å². The molecule has 0 aliphatic heterocycles. The maximum Gasteiger partial charge on any atom is 0.514 e. The third-order valence-corrected chi connectivity index (χ3v) is 4.93. The topological polar surface area (TPSA) is 71.1 Å². The number of benzene rings is 3. The number of fused-ring (bicyclic) bond motifs is 2. The molecule has 0 unspecified atom stereocenters. The van der Waals surface area contributed by atoms with E-state index in [4.69, 9.17) is 18.9 Å². The van der Waals surface area contributed by atoms with E-state index in [-0.39, 0.29) is 13.2 Å². The van der Waals surface area contributed by atoms with Crippen LogP contribution in [0.1, 0.15) is 32.3 Å². The van der Waals surface area contributed by atoms with Gasteiger partial charge in [0.05, 0.1) is 0 Å². The second-order valence-electron chi connectivity index (χ2n) is 7.29. The van der Waals surface area contributed by atoms with E-state index in [9.17, 15) is 9.59 Å². The van der Waals surface area contributed by atoms with E-state index < -0.39 is 12.3 Å². The van der Waals surface area contributed by atoms with Crippen LogP contribution in [-0.2, 0) is 9.47 Å². The van der Waals surface area contributed by atoms with Gasteiger partial charge in [-0.2, -0.15) is 0 Å². The van der Waals surface area contributed by atoms with Gasteiger partial charge in [-0.15, -0.1) is 0 Å². The van der Waals surface area contributed by atoms with E-state index in [1.807, 2.05) is 69.3 Å². The zero-order chi connectivity index (χ0) is 23.6. The first-order chi connectivity index (χ1) is 16.1. The summed E-state index contributed by atoms with van der Waals surface area (Å²) in [6, 6.07) is 12.8. The van der Waals surface area contributed by atoms with Crippen molar-refractivity contribution < 1.29 is 28.5 Å². The van der Waals surface area contributed by atoms with E-state index in [0.717, 1.165) is 18.4 Å². The Kier molecular flexibility index (Phi) is 8.47. The number of carbonyl (C=O) groups is 2. The summed E-state index contributed by atoms with van der Waals surface area (Å²) in [5, 5.41) is 2.52. The van der Waals surface area contributed by atoms with Crippen LogP contribution in [0.5, 0.6) is 11.5 Å². The molecule has 0 heterocycles. The summed E-state index contributed by atoms with van der Waals surface area (Å²) >= 11 is 0. The molecule has 0 aliphatic carbocycles. The lowest BCUT2D eigenvalue weighted by Crippen LogP contribution is -2.13. The van der Waals surface area contributed by atoms with Gasteiger partial charge in [-0.25, -0.2) is 9.59 Å². The highest BCUT2D eigenvalue weighted by Crippen LogP contribution is 2.44. The summed E-state index contributed by atoms with van der Waals surface area (Å²) in [5.41, 5.74) is 0.857. The zero-order valence-corrected chi connectivity index (χ0v) is 19.1. The second kappa shape index (κ2) is 11.7. The molecular formula is C27H28O6. The van der Waals surface area contributed by atoms with Gasteiger partial charge in [0.2, 0.25) is 0 Å². The lowest BCUT2D eigenvalue weighted by atomic mass is 9.97. The van der Waals surface area contributed by atoms with Crippen molar-refractivity contribution in [3.05, 3.63) is 72.3 Å². The van der Waals surface area contributed by atoms with Gasteiger partial charge in [0.15, 0.2) is 5.75 Å². The highest BCUT2D eigenvalue weighted by molar-refractivity contribution is 6.13. The molecule has 0 amide bonds. The van der Waals surface area contributed by atoms with Crippen molar-refractivity contribution in [1.82, 2.24) is 0 Å². The van der Waals surface area contributed by atoms with Crippen molar-refractivity contribution in [2.45, 2.75) is 33.6 Å². The van der Waals surface area contributed by atoms with Gasteiger partial charge >= 0.3 is 12.3 Å². The van der Waals surface area contributed by atoms with Crippen LogP contribution in [-0.4, -0.2) is 25.5 Å². The molecule has 0 spiro atoms. The number of allylic oxidation sites excluding steroid dienone is 2. The van der Waals surface area contributed by atoms with E-state index >= 15 is 0 Å². The Balaban J connectivity index is 2.03. The molecule has 0 N–H and O–H groups in total. The van der Waals surface area contributed by atoms with Crippen molar-refractivity contribution in [2.24, 2.45) is 0 Å². The van der Waals surface area contributed by atoms with Crippen LogP contribution >= 0.6 is 0 Å². The summed E-state index contributed by atoms with van der Waals surface area (Å²) < 4.78 is 21.7. The minimum absolute atomic E-state index is 0.126. The second-order valence-corrected chi connectivity index (χ2v) is 7.29. The molecule has 0 saturated heterocycles. The number of aryl methyl sites for hydroxylation is 1. The van der Waals surface area contributed by atoms with Crippen LogP contribution in [0.3, 0.4) is 0 Å². The van der Waals surface area contributed by atoms with Crippen LogP contribution < -0.4 is 9.47 Å². The SMILES string of the molecule is CC/C=C/COC(=O)Oc1c2ccccc2c(OC(=O)OC/C=C/CC)c2c(C)cccc12. The molecule has 172 valence electrons. The molecule has 0 bridgehead atoms. The molecule has 0 aliphatic rings. The van der Waals surface area contributed by atoms with Gasteiger partial charge in [-0.3, -0.25) is 0 Å². The van der Waals surface area contributed by atoms with Crippen molar-refractivity contribution in [3.8, 4) is 11.5 Å². The van der Waals surface area contributed by atoms with Crippen LogP contribution in [0.25, 0.3) is 21.5 Å². The fraction of sp³-hybridized carbons (Fsp3) is 0.259. The first-order valence-corrected chi connectivity index (χ1v) is 11.0. The standard InChI is InChI=1S/C27H28O6/c1-4-6-10-17-30-26(28)32-24-20-14-8-9-15-21(20)25(23-19(3)13-12-16-22(23)24)33-27(29)31-18-11-7-5-2/h6-16H,4-5,17-18H2,1-3H3/b10-6+,11-7+. The molecule has 3 aromatic rings. The molecule has 3 rings (SSSR count). The number of hydrogen-bond acceptors (Lipinski definition) is 6. The Hall–Kier alpha value is -3.80. The largest absolute Gasteiger partial charge is 0.514 e. The van der Waals surface area contributed by atoms with Crippen LogP contribution in [0.4, 0.5) is 9.59 Å². The predicted molar refractivity (Wildman–Crippen MR) is 129 cm³/mol. The Morgan fingerprint density at radius 1 is 0.697 bits per heavy atom. The minimum Gasteiger partial charge on any atom is -0.430 e. The first-order valence-electron chi connectivity index (χ1n) is 11.0. The molecule has 6 heteroatoms. The maximum absolute atomic E-state index is 12.4. The number of hydrogen-bond donors (Lipinski definition) is 0. The third-order valence-electron chi connectivity index (χ3n) is 4.93. The van der Waals surface area contributed by atoms with E-state index in [2.05, 4.69) is 0 Å². The van der Waals surface area contributed by atoms with E-state index in [0.29, 0.717) is 33.0 Å². The average Bonchev–Trinajstić information content (AvgIpc) is 2.81. The normalized spacial score (nSPS) is 11.4. The van der Waals surface area contributed by atoms with E-state index in [1.54, 1.807) is 18.2 Å². The molecule has 6 nitrogen and oxygen atoms in total. The molecule has 0 radical (unpaired) electrons. The highest BCUT2D eigenvalue weighted by Gasteiger charge is 2.22. The molecule has 0 fully saturated rings. The number of ether oxygens (including phenoxy) is 4. The maximum atomic E-state index is 12.4. The number of carbonyl (C=O) groups excluding carboxylic acids is 2. The van der Waals surface area contributed by atoms with Crippen molar-refractivity contribution in [2.75, 3.05) is 13.2 Å². The third kappa shape index (κ3) is 5.92. The predicted octanol–water partition coefficient (Wildman–Crippen LogP) is 7.26. The minimum atomic E-state index is -0.806. The molecule has 0 atom stereocenters. The first kappa shape index (κ1) is 23.9. The monoisotopic (exact) mass is 448 g/mol. The average molecular weight is 449 g/mol. The van der Waals surface area contributed by atoms with Crippen molar-refractivity contribution in [3.63, 3.8) is 0 Å². The van der Waals surface area contributed by atoms with Gasteiger partial charge in [-0.1, -0.05) is 80.6 Å². The molecular weight excluding hydrogens is 420 g/mol. The lowest BCUT2D eigenvalue weighted by molar-refractivity contribution is 0.109. The van der Waals surface area contributed by atoms with Crippen LogP contribution in [0, 0.1) is 6.92 Å². The summed E-state index contributed by atoms with van der Waals surface area (Å²) in [5.74, 6) is 0.704. The van der Waals surface area contributed by atoms with Gasteiger partial charge in [0, 0.05) is 21.5 Å². The fourth-order valence-corrected chi connectivity index (χ4v) is 3.46. The van der Waals surface area contributed by atoms with Crippen LogP contribution in [0.15, 0.2) is 66.8 Å². The zero-order valence-electron chi connectivity index (χ0n) is 19.1. The van der Waals surface area contributed by atoms with Gasteiger partial charge < -0.3 is 18.9 Å². The lowest BCUT2D eigenvalue weighted by Gasteiger charge is -2.17. The molecule has 3 aromatic carbocycles. The highest BCUT2D eigenvalue weighted by atomic mass is 16.7. The summed E-state index contributed by atoms with van der Waals surface area (Å²) in [6.07, 6.45) is 7.44. The Morgan fingerprint density at radius 3 is 1.79 bits per heavy atom. The van der Waals surface area contributed by atoms with Gasteiger partial charge in [-0.05, 0) is 25.3 Å². The van der Waals surface area contributed by atoms with Crippen molar-refractivity contribution in [1.29, 1.82) is 0 Å². The van der Waals surface area contributed by atoms with Crippen molar-refractivity contribution >= 4 is 33.9 Å². The number of rotatable bonds is 8. The molecule has 0 aromatic heterocycles. The summed E-state index contributed by atoms with van der Waals surface area (Å²) in [4.78, 5) is 24.8. The quantitative estimate of drug-likeness (QED) is 0.156. The molecule has 0 saturated carbocycles.